The van der Waals surface area contributed by atoms with Crippen LogP contribution in [-0.2, 0) is 16.1 Å². The Labute approximate surface area is 208 Å². The summed E-state index contributed by atoms with van der Waals surface area (Å²) in [5.74, 6) is -0.966. The molecule has 0 saturated heterocycles. The van der Waals surface area contributed by atoms with Crippen molar-refractivity contribution in [1.82, 2.24) is 15.6 Å². The second-order valence-corrected chi connectivity index (χ2v) is 10.1. The molecule has 180 valence electrons. The molecule has 3 amide bonds. The van der Waals surface area contributed by atoms with E-state index in [4.69, 9.17) is 0 Å². The standard InChI is InChI=1S/C27H28N4O3S/c32-24(29-20-13-14-20)19-11-9-18(10-12-19)23-16-35-27(30-23)31-26(34)22-8-4-7-21(22)25(33)28-15-17-5-2-1-3-6-17/h1-3,5-6,9-12,16,20-22H,4,7-8,13-15H2,(H,28,33)(H,29,32)(H,30,31,34)/t21-,22-/m1/s1. The van der Waals surface area contributed by atoms with Gasteiger partial charge in [-0.25, -0.2) is 4.98 Å². The number of aromatic nitrogens is 1. The zero-order chi connectivity index (χ0) is 24.2. The maximum absolute atomic E-state index is 13.0. The van der Waals surface area contributed by atoms with E-state index in [0.717, 1.165) is 36.1 Å². The summed E-state index contributed by atoms with van der Waals surface area (Å²) in [5, 5.41) is 11.3. The van der Waals surface area contributed by atoms with Crippen molar-refractivity contribution in [1.29, 1.82) is 0 Å². The van der Waals surface area contributed by atoms with Crippen LogP contribution in [0, 0.1) is 11.8 Å². The first-order chi connectivity index (χ1) is 17.1. The van der Waals surface area contributed by atoms with E-state index in [2.05, 4.69) is 20.9 Å². The highest BCUT2D eigenvalue weighted by Gasteiger charge is 2.38. The lowest BCUT2D eigenvalue weighted by Crippen LogP contribution is -2.36. The smallest absolute Gasteiger partial charge is 0.251 e. The van der Waals surface area contributed by atoms with E-state index < -0.39 is 0 Å². The van der Waals surface area contributed by atoms with Crippen LogP contribution in [0.5, 0.6) is 0 Å². The molecule has 0 radical (unpaired) electrons. The van der Waals surface area contributed by atoms with Crippen LogP contribution in [0.25, 0.3) is 11.3 Å². The zero-order valence-corrected chi connectivity index (χ0v) is 20.1. The van der Waals surface area contributed by atoms with Crippen LogP contribution in [-0.4, -0.2) is 28.7 Å². The Bertz CT molecular complexity index is 1200. The summed E-state index contributed by atoms with van der Waals surface area (Å²) in [5.41, 5.74) is 3.28. The minimum atomic E-state index is -0.359. The summed E-state index contributed by atoms with van der Waals surface area (Å²) in [7, 11) is 0. The maximum atomic E-state index is 13.0. The van der Waals surface area contributed by atoms with E-state index in [1.165, 1.54) is 11.3 Å². The van der Waals surface area contributed by atoms with Gasteiger partial charge < -0.3 is 16.0 Å². The second-order valence-electron chi connectivity index (χ2n) is 9.20. The molecule has 1 heterocycles. The fourth-order valence-electron chi connectivity index (χ4n) is 4.45. The van der Waals surface area contributed by atoms with E-state index in [1.807, 2.05) is 47.8 Å². The highest BCUT2D eigenvalue weighted by molar-refractivity contribution is 7.14. The largest absolute Gasteiger partial charge is 0.352 e. The summed E-state index contributed by atoms with van der Waals surface area (Å²) < 4.78 is 0. The molecule has 2 aliphatic carbocycles. The van der Waals surface area contributed by atoms with Crippen LogP contribution >= 0.6 is 11.3 Å². The van der Waals surface area contributed by atoms with E-state index in [0.29, 0.717) is 36.1 Å². The van der Waals surface area contributed by atoms with E-state index in [-0.39, 0.29) is 29.6 Å². The summed E-state index contributed by atoms with van der Waals surface area (Å²) in [6, 6.07) is 17.4. The number of rotatable bonds is 8. The van der Waals surface area contributed by atoms with Gasteiger partial charge in [-0.05, 0) is 43.4 Å². The van der Waals surface area contributed by atoms with Crippen molar-refractivity contribution in [2.24, 2.45) is 11.8 Å². The summed E-state index contributed by atoms with van der Waals surface area (Å²) in [6.45, 7) is 0.460. The van der Waals surface area contributed by atoms with Crippen LogP contribution in [0.2, 0.25) is 0 Å². The van der Waals surface area contributed by atoms with Crippen LogP contribution in [0.4, 0.5) is 5.13 Å². The van der Waals surface area contributed by atoms with Gasteiger partial charge in [0.05, 0.1) is 5.69 Å². The van der Waals surface area contributed by atoms with E-state index >= 15 is 0 Å². The number of benzene rings is 2. The van der Waals surface area contributed by atoms with Crippen LogP contribution < -0.4 is 16.0 Å². The number of amides is 3. The molecule has 2 fully saturated rings. The monoisotopic (exact) mass is 488 g/mol. The van der Waals surface area contributed by atoms with E-state index in [1.54, 1.807) is 12.1 Å². The molecule has 35 heavy (non-hydrogen) atoms. The molecule has 2 atom stereocenters. The molecular weight excluding hydrogens is 460 g/mol. The number of hydrogen-bond acceptors (Lipinski definition) is 5. The number of nitrogens with one attached hydrogen (secondary N) is 3. The second kappa shape index (κ2) is 10.4. The normalized spacial score (nSPS) is 19.2. The molecule has 3 aromatic rings. The van der Waals surface area contributed by atoms with Crippen molar-refractivity contribution in [3.05, 3.63) is 71.1 Å². The van der Waals surface area contributed by atoms with Gasteiger partial charge in [-0.3, -0.25) is 14.4 Å². The third kappa shape index (κ3) is 5.77. The van der Waals surface area contributed by atoms with E-state index in [9.17, 15) is 14.4 Å². The van der Waals surface area contributed by atoms with Gasteiger partial charge in [-0.2, -0.15) is 0 Å². The van der Waals surface area contributed by atoms with Gasteiger partial charge in [0.2, 0.25) is 11.8 Å². The lowest BCUT2D eigenvalue weighted by atomic mass is 9.94. The lowest BCUT2D eigenvalue weighted by molar-refractivity contribution is -0.131. The SMILES string of the molecule is O=C(NC1CC1)c1ccc(-c2csc(NC(=O)[C@@H]3CCC[C@H]3C(=O)NCc3ccccc3)n2)cc1. The molecule has 0 unspecified atom stereocenters. The molecule has 1 aromatic heterocycles. The molecule has 0 bridgehead atoms. The van der Waals surface area contributed by atoms with Gasteiger partial charge in [0.1, 0.15) is 0 Å². The maximum Gasteiger partial charge on any atom is 0.251 e. The molecular formula is C27H28N4O3S. The Hall–Kier alpha value is -3.52. The number of hydrogen-bond donors (Lipinski definition) is 3. The summed E-state index contributed by atoms with van der Waals surface area (Å²) in [4.78, 5) is 42.5. The highest BCUT2D eigenvalue weighted by atomic mass is 32.1. The van der Waals surface area contributed by atoms with Gasteiger partial charge in [-0.1, -0.05) is 48.9 Å². The van der Waals surface area contributed by atoms with Crippen LogP contribution in [0.15, 0.2) is 60.0 Å². The lowest BCUT2D eigenvalue weighted by Gasteiger charge is -2.18. The number of carbonyl (C=O) groups is 3. The zero-order valence-electron chi connectivity index (χ0n) is 19.3. The molecule has 5 rings (SSSR count). The molecule has 2 aliphatic rings. The average Bonchev–Trinajstić information content (AvgIpc) is 3.35. The summed E-state index contributed by atoms with van der Waals surface area (Å²) in [6.07, 6.45) is 4.36. The van der Waals surface area contributed by atoms with Gasteiger partial charge in [0.15, 0.2) is 5.13 Å². The van der Waals surface area contributed by atoms with Crippen molar-refractivity contribution in [3.8, 4) is 11.3 Å². The fraction of sp³-hybridized carbons (Fsp3) is 0.333. The van der Waals surface area contributed by atoms with Crippen molar-refractivity contribution in [3.63, 3.8) is 0 Å². The van der Waals surface area contributed by atoms with Gasteiger partial charge in [-0.15, -0.1) is 11.3 Å². The predicted octanol–water partition coefficient (Wildman–Crippen LogP) is 4.37. The minimum Gasteiger partial charge on any atom is -0.352 e. The van der Waals surface area contributed by atoms with Gasteiger partial charge in [0, 0.05) is 40.9 Å². The molecule has 0 spiro atoms. The van der Waals surface area contributed by atoms with Crippen molar-refractivity contribution in [2.45, 2.75) is 44.7 Å². The quantitative estimate of drug-likeness (QED) is 0.438. The first-order valence-corrected chi connectivity index (χ1v) is 12.9. The Balaban J connectivity index is 1.17. The van der Waals surface area contributed by atoms with Crippen LogP contribution in [0.3, 0.4) is 0 Å². The molecule has 8 heteroatoms. The Kier molecular flexibility index (Phi) is 6.90. The molecule has 3 N–H and O–H groups in total. The number of carbonyl (C=O) groups excluding carboxylic acids is 3. The van der Waals surface area contributed by atoms with Gasteiger partial charge in [0.25, 0.3) is 5.91 Å². The summed E-state index contributed by atoms with van der Waals surface area (Å²) >= 11 is 1.35. The third-order valence-corrected chi connectivity index (χ3v) is 7.35. The third-order valence-electron chi connectivity index (χ3n) is 6.59. The molecule has 7 nitrogen and oxygen atoms in total. The topological polar surface area (TPSA) is 100 Å². The first-order valence-electron chi connectivity index (χ1n) is 12.1. The Morgan fingerprint density at radius 1 is 0.886 bits per heavy atom. The molecule has 2 aromatic carbocycles. The Morgan fingerprint density at radius 2 is 1.60 bits per heavy atom. The van der Waals surface area contributed by atoms with Crippen molar-refractivity contribution >= 4 is 34.2 Å². The highest BCUT2D eigenvalue weighted by Crippen LogP contribution is 2.34. The van der Waals surface area contributed by atoms with Crippen LogP contribution in [0.1, 0.15) is 48.0 Å². The van der Waals surface area contributed by atoms with Gasteiger partial charge >= 0.3 is 0 Å². The van der Waals surface area contributed by atoms with Crippen molar-refractivity contribution < 1.29 is 14.4 Å². The first kappa shape index (κ1) is 23.2. The predicted molar refractivity (Wildman–Crippen MR) is 136 cm³/mol. The Morgan fingerprint density at radius 3 is 2.31 bits per heavy atom. The van der Waals surface area contributed by atoms with Crippen molar-refractivity contribution in [2.75, 3.05) is 5.32 Å². The number of nitrogens with zero attached hydrogens (tertiary/aromatic N) is 1. The number of thiazole rings is 1. The number of anilines is 1. The molecule has 2 saturated carbocycles. The average molecular weight is 489 g/mol. The minimum absolute atomic E-state index is 0.0517. The molecule has 0 aliphatic heterocycles. The fourth-order valence-corrected chi connectivity index (χ4v) is 5.18.